The van der Waals surface area contributed by atoms with Crippen LogP contribution < -0.4 is 0 Å². The number of fused-ring (bicyclic) bond motifs is 1. The van der Waals surface area contributed by atoms with Crippen LogP contribution in [0.5, 0.6) is 0 Å². The maximum absolute atomic E-state index is 10.7. The van der Waals surface area contributed by atoms with Gasteiger partial charge in [0, 0.05) is 24.2 Å². The zero-order valence-electron chi connectivity index (χ0n) is 8.81. The van der Waals surface area contributed by atoms with Gasteiger partial charge in [0.25, 0.3) is 0 Å². The van der Waals surface area contributed by atoms with Crippen molar-refractivity contribution in [2.45, 2.75) is 32.1 Å². The zero-order chi connectivity index (χ0) is 10.8. The lowest BCUT2D eigenvalue weighted by Crippen LogP contribution is -2.12. The molecule has 15 heavy (non-hydrogen) atoms. The molecular formula is C12H15NO2. The minimum absolute atomic E-state index is 0.179. The summed E-state index contributed by atoms with van der Waals surface area (Å²) in [6.45, 7) is 2.00. The average molecular weight is 205 g/mol. The monoisotopic (exact) mass is 205 g/mol. The van der Waals surface area contributed by atoms with Crippen molar-refractivity contribution in [2.75, 3.05) is 0 Å². The number of aromatic nitrogens is 1. The summed E-state index contributed by atoms with van der Waals surface area (Å²) < 4.78 is 0. The van der Waals surface area contributed by atoms with E-state index in [1.807, 2.05) is 13.0 Å². The fourth-order valence-electron chi connectivity index (χ4n) is 2.42. The van der Waals surface area contributed by atoms with Gasteiger partial charge in [-0.15, -0.1) is 0 Å². The van der Waals surface area contributed by atoms with Gasteiger partial charge in [0.15, 0.2) is 0 Å². The van der Waals surface area contributed by atoms with Crippen LogP contribution in [0.25, 0.3) is 0 Å². The lowest BCUT2D eigenvalue weighted by Gasteiger charge is -2.17. The second-order valence-corrected chi connectivity index (χ2v) is 4.27. The second-order valence-electron chi connectivity index (χ2n) is 4.27. The number of aliphatic carboxylic acids is 1. The number of rotatable bonds is 3. The first-order valence-corrected chi connectivity index (χ1v) is 5.34. The van der Waals surface area contributed by atoms with Crippen LogP contribution in [0.15, 0.2) is 18.3 Å². The van der Waals surface area contributed by atoms with E-state index >= 15 is 0 Å². The average Bonchev–Trinajstić information content (AvgIpc) is 2.59. The maximum Gasteiger partial charge on any atom is 0.303 e. The quantitative estimate of drug-likeness (QED) is 0.823. The molecule has 0 saturated carbocycles. The molecule has 0 fully saturated rings. The Kier molecular flexibility index (Phi) is 2.71. The predicted molar refractivity (Wildman–Crippen MR) is 56.7 cm³/mol. The van der Waals surface area contributed by atoms with Gasteiger partial charge in [-0.2, -0.15) is 0 Å². The maximum atomic E-state index is 10.7. The van der Waals surface area contributed by atoms with Crippen molar-refractivity contribution in [3.05, 3.63) is 29.6 Å². The van der Waals surface area contributed by atoms with Crippen LogP contribution in [-0.4, -0.2) is 16.1 Å². The lowest BCUT2D eigenvalue weighted by atomic mass is 9.89. The number of pyridine rings is 1. The van der Waals surface area contributed by atoms with Gasteiger partial charge in [0.05, 0.1) is 0 Å². The van der Waals surface area contributed by atoms with Crippen LogP contribution in [0.2, 0.25) is 0 Å². The van der Waals surface area contributed by atoms with E-state index < -0.39 is 5.97 Å². The Bertz CT molecular complexity index is 376. The van der Waals surface area contributed by atoms with E-state index in [4.69, 9.17) is 5.11 Å². The summed E-state index contributed by atoms with van der Waals surface area (Å²) in [5.74, 6) is -0.206. The summed E-state index contributed by atoms with van der Waals surface area (Å²) in [5, 5.41) is 8.77. The summed E-state index contributed by atoms with van der Waals surface area (Å²) in [5.41, 5.74) is 2.41. The molecule has 0 aromatic carbocycles. The fraction of sp³-hybridized carbons (Fsp3) is 0.500. The molecule has 2 atom stereocenters. The molecule has 2 unspecified atom stereocenters. The van der Waals surface area contributed by atoms with Gasteiger partial charge in [0.1, 0.15) is 0 Å². The van der Waals surface area contributed by atoms with Crippen LogP contribution in [0, 0.1) is 5.92 Å². The molecule has 3 nitrogen and oxygen atoms in total. The molecule has 0 amide bonds. The number of carboxylic acid groups (broad SMARTS) is 1. The van der Waals surface area contributed by atoms with E-state index in [2.05, 4.69) is 11.1 Å². The molecule has 80 valence electrons. The van der Waals surface area contributed by atoms with Gasteiger partial charge in [-0.1, -0.05) is 13.0 Å². The Morgan fingerprint density at radius 3 is 3.27 bits per heavy atom. The third kappa shape index (κ3) is 2.01. The lowest BCUT2D eigenvalue weighted by molar-refractivity contribution is -0.138. The first-order valence-electron chi connectivity index (χ1n) is 5.34. The van der Waals surface area contributed by atoms with Crippen LogP contribution in [0.1, 0.15) is 36.9 Å². The van der Waals surface area contributed by atoms with Crippen molar-refractivity contribution in [2.24, 2.45) is 5.92 Å². The zero-order valence-corrected chi connectivity index (χ0v) is 8.81. The summed E-state index contributed by atoms with van der Waals surface area (Å²) in [4.78, 5) is 15.0. The van der Waals surface area contributed by atoms with E-state index in [1.165, 1.54) is 5.56 Å². The SMILES string of the molecule is CC(CC(=O)O)C1CCc2cccnc21. The summed E-state index contributed by atoms with van der Waals surface area (Å²) in [6, 6.07) is 4.04. The first-order chi connectivity index (χ1) is 7.18. The Hall–Kier alpha value is -1.38. The van der Waals surface area contributed by atoms with Gasteiger partial charge >= 0.3 is 5.97 Å². The topological polar surface area (TPSA) is 50.2 Å². The Labute approximate surface area is 89.2 Å². The van der Waals surface area contributed by atoms with E-state index in [1.54, 1.807) is 6.20 Å². The fourth-order valence-corrected chi connectivity index (χ4v) is 2.42. The number of carboxylic acids is 1. The molecule has 1 heterocycles. The number of hydrogen-bond donors (Lipinski definition) is 1. The molecule has 0 bridgehead atoms. The Morgan fingerprint density at radius 2 is 2.53 bits per heavy atom. The van der Waals surface area contributed by atoms with Crippen molar-refractivity contribution >= 4 is 5.97 Å². The largest absolute Gasteiger partial charge is 0.481 e. The van der Waals surface area contributed by atoms with E-state index in [0.29, 0.717) is 5.92 Å². The van der Waals surface area contributed by atoms with Gasteiger partial charge in [-0.3, -0.25) is 9.78 Å². The highest BCUT2D eigenvalue weighted by atomic mass is 16.4. The smallest absolute Gasteiger partial charge is 0.303 e. The molecular weight excluding hydrogens is 190 g/mol. The molecule has 1 aromatic rings. The van der Waals surface area contributed by atoms with Gasteiger partial charge in [0.2, 0.25) is 0 Å². The van der Waals surface area contributed by atoms with Crippen molar-refractivity contribution < 1.29 is 9.90 Å². The molecule has 2 rings (SSSR count). The molecule has 0 radical (unpaired) electrons. The van der Waals surface area contributed by atoms with Gasteiger partial charge in [-0.25, -0.2) is 0 Å². The minimum atomic E-state index is -0.716. The highest BCUT2D eigenvalue weighted by Crippen LogP contribution is 2.37. The third-order valence-electron chi connectivity index (χ3n) is 3.19. The van der Waals surface area contributed by atoms with Gasteiger partial charge in [-0.05, 0) is 30.4 Å². The molecule has 0 spiro atoms. The molecule has 1 aromatic heterocycles. The highest BCUT2D eigenvalue weighted by Gasteiger charge is 2.29. The van der Waals surface area contributed by atoms with Crippen LogP contribution >= 0.6 is 0 Å². The van der Waals surface area contributed by atoms with Crippen LogP contribution in [-0.2, 0) is 11.2 Å². The molecule has 0 aliphatic heterocycles. The Morgan fingerprint density at radius 1 is 1.73 bits per heavy atom. The summed E-state index contributed by atoms with van der Waals surface area (Å²) >= 11 is 0. The second kappa shape index (κ2) is 4.01. The van der Waals surface area contributed by atoms with Crippen LogP contribution in [0.3, 0.4) is 0 Å². The number of hydrogen-bond acceptors (Lipinski definition) is 2. The molecule has 3 heteroatoms. The standard InChI is InChI=1S/C12H15NO2/c1-8(7-11(14)15)10-5-4-9-3-2-6-13-12(9)10/h2-3,6,8,10H,4-5,7H2,1H3,(H,14,15). The summed E-state index contributed by atoms with van der Waals surface area (Å²) in [7, 11) is 0. The van der Waals surface area contributed by atoms with Crippen molar-refractivity contribution in [3.63, 3.8) is 0 Å². The molecule has 1 aliphatic carbocycles. The van der Waals surface area contributed by atoms with E-state index in [9.17, 15) is 4.79 Å². The van der Waals surface area contributed by atoms with Crippen molar-refractivity contribution in [1.82, 2.24) is 4.98 Å². The van der Waals surface area contributed by atoms with Crippen molar-refractivity contribution in [1.29, 1.82) is 0 Å². The number of carbonyl (C=O) groups is 1. The normalized spacial score (nSPS) is 21.0. The molecule has 1 aliphatic rings. The minimum Gasteiger partial charge on any atom is -0.481 e. The molecule has 0 saturated heterocycles. The number of nitrogens with zero attached hydrogens (tertiary/aromatic N) is 1. The van der Waals surface area contributed by atoms with Crippen molar-refractivity contribution in [3.8, 4) is 0 Å². The van der Waals surface area contributed by atoms with Crippen LogP contribution in [0.4, 0.5) is 0 Å². The van der Waals surface area contributed by atoms with Gasteiger partial charge < -0.3 is 5.11 Å². The van der Waals surface area contributed by atoms with E-state index in [-0.39, 0.29) is 12.3 Å². The predicted octanol–water partition coefficient (Wildman–Crippen LogP) is 2.22. The Balaban J connectivity index is 2.16. The number of aryl methyl sites for hydroxylation is 1. The third-order valence-corrected chi connectivity index (χ3v) is 3.19. The van der Waals surface area contributed by atoms with E-state index in [0.717, 1.165) is 18.5 Å². The summed E-state index contributed by atoms with van der Waals surface area (Å²) in [6.07, 6.45) is 4.11. The molecule has 1 N–H and O–H groups in total. The highest BCUT2D eigenvalue weighted by molar-refractivity contribution is 5.67. The first kappa shape index (κ1) is 10.1.